The molecule has 0 saturated carbocycles. The van der Waals surface area contributed by atoms with Crippen LogP contribution in [0.3, 0.4) is 0 Å². The molecule has 0 aliphatic rings. The van der Waals surface area contributed by atoms with Gasteiger partial charge in [-0.25, -0.2) is 4.79 Å². The minimum absolute atomic E-state index is 0.111. The fourth-order valence-corrected chi connectivity index (χ4v) is 3.42. The van der Waals surface area contributed by atoms with Gasteiger partial charge >= 0.3 is 5.97 Å². The average molecular weight is 384 g/mol. The maximum Gasteiger partial charge on any atom is 0.339 e. The SMILES string of the molecule is COC(=O)c1ccccc1N[C@@H](c1ccccc1)c1ccc2cccnc2c1O. The number of carbonyl (C=O) groups excluding carboxylic acids is 1. The smallest absolute Gasteiger partial charge is 0.339 e. The van der Waals surface area contributed by atoms with Crippen LogP contribution in [0, 0.1) is 0 Å². The summed E-state index contributed by atoms with van der Waals surface area (Å²) < 4.78 is 4.91. The molecule has 0 bridgehead atoms. The molecular formula is C24H20N2O3. The minimum atomic E-state index is -0.427. The third-order valence-corrected chi connectivity index (χ3v) is 4.86. The Labute approximate surface area is 168 Å². The standard InChI is InChI=1S/C24H20N2O3/c1-29-24(28)18-11-5-6-12-20(18)26-21(16-8-3-2-4-9-16)19-14-13-17-10-7-15-25-22(17)23(19)27/h2-15,21,26-27H,1H3/t21-/m0/s1. The van der Waals surface area contributed by atoms with Crippen molar-refractivity contribution in [1.29, 1.82) is 0 Å². The molecule has 4 aromatic rings. The molecule has 3 aromatic carbocycles. The summed E-state index contributed by atoms with van der Waals surface area (Å²) in [7, 11) is 1.36. The Morgan fingerprint density at radius 2 is 1.72 bits per heavy atom. The summed E-state index contributed by atoms with van der Waals surface area (Å²) >= 11 is 0. The lowest BCUT2D eigenvalue weighted by molar-refractivity contribution is 0.0602. The summed E-state index contributed by atoms with van der Waals surface area (Å²) in [6.45, 7) is 0. The summed E-state index contributed by atoms with van der Waals surface area (Å²) in [6, 6.07) is 24.1. The van der Waals surface area contributed by atoms with Crippen LogP contribution in [0.1, 0.15) is 27.5 Å². The van der Waals surface area contributed by atoms with E-state index in [2.05, 4.69) is 10.3 Å². The summed E-state index contributed by atoms with van der Waals surface area (Å²) in [5, 5.41) is 15.3. The van der Waals surface area contributed by atoms with Gasteiger partial charge in [-0.2, -0.15) is 0 Å². The lowest BCUT2D eigenvalue weighted by Gasteiger charge is -2.23. The highest BCUT2D eigenvalue weighted by molar-refractivity contribution is 5.95. The van der Waals surface area contributed by atoms with Crippen LogP contribution in [0.4, 0.5) is 5.69 Å². The Bertz CT molecular complexity index is 1160. The number of ether oxygens (including phenoxy) is 1. The van der Waals surface area contributed by atoms with Crippen molar-refractivity contribution in [2.45, 2.75) is 6.04 Å². The second kappa shape index (κ2) is 8.02. The molecule has 0 aliphatic heterocycles. The molecule has 0 amide bonds. The Kier molecular flexibility index (Phi) is 5.12. The van der Waals surface area contributed by atoms with E-state index in [-0.39, 0.29) is 5.75 Å². The number of esters is 1. The summed E-state index contributed by atoms with van der Waals surface area (Å²) in [6.07, 6.45) is 1.66. The van der Waals surface area contributed by atoms with E-state index >= 15 is 0 Å². The number of pyridine rings is 1. The van der Waals surface area contributed by atoms with Gasteiger partial charge in [0.2, 0.25) is 0 Å². The van der Waals surface area contributed by atoms with E-state index in [1.807, 2.05) is 66.7 Å². The van der Waals surface area contributed by atoms with Crippen molar-refractivity contribution < 1.29 is 14.6 Å². The van der Waals surface area contributed by atoms with Crippen molar-refractivity contribution in [3.63, 3.8) is 0 Å². The predicted octanol–water partition coefficient (Wildman–Crippen LogP) is 4.93. The highest BCUT2D eigenvalue weighted by atomic mass is 16.5. The van der Waals surface area contributed by atoms with Gasteiger partial charge in [0.15, 0.2) is 0 Å². The van der Waals surface area contributed by atoms with Gasteiger partial charge < -0.3 is 15.2 Å². The lowest BCUT2D eigenvalue weighted by Crippen LogP contribution is -2.15. The van der Waals surface area contributed by atoms with Gasteiger partial charge in [-0.15, -0.1) is 0 Å². The first-order valence-corrected chi connectivity index (χ1v) is 9.24. The molecule has 1 aromatic heterocycles. The van der Waals surface area contributed by atoms with E-state index in [0.29, 0.717) is 22.3 Å². The van der Waals surface area contributed by atoms with Crippen LogP contribution in [0.2, 0.25) is 0 Å². The molecular weight excluding hydrogens is 364 g/mol. The van der Waals surface area contributed by atoms with Crippen LogP contribution >= 0.6 is 0 Å². The van der Waals surface area contributed by atoms with Gasteiger partial charge in [0.1, 0.15) is 11.3 Å². The van der Waals surface area contributed by atoms with Crippen LogP contribution in [0.25, 0.3) is 10.9 Å². The molecule has 1 heterocycles. The Hall–Kier alpha value is -3.86. The Balaban J connectivity index is 1.85. The Morgan fingerprint density at radius 1 is 0.966 bits per heavy atom. The van der Waals surface area contributed by atoms with Crippen molar-refractivity contribution in [3.05, 3.63) is 102 Å². The van der Waals surface area contributed by atoms with E-state index in [4.69, 9.17) is 4.74 Å². The fourth-order valence-electron chi connectivity index (χ4n) is 3.42. The van der Waals surface area contributed by atoms with Crippen LogP contribution in [-0.2, 0) is 4.74 Å². The second-order valence-corrected chi connectivity index (χ2v) is 6.60. The average Bonchev–Trinajstić information content (AvgIpc) is 2.78. The molecule has 0 saturated heterocycles. The number of fused-ring (bicyclic) bond motifs is 1. The second-order valence-electron chi connectivity index (χ2n) is 6.60. The number of anilines is 1. The molecule has 5 heteroatoms. The number of nitrogens with one attached hydrogen (secondary N) is 1. The summed E-state index contributed by atoms with van der Waals surface area (Å²) in [5.74, 6) is -0.315. The fraction of sp³-hybridized carbons (Fsp3) is 0.0833. The summed E-state index contributed by atoms with van der Waals surface area (Å²) in [4.78, 5) is 16.5. The van der Waals surface area contributed by atoms with Crippen LogP contribution < -0.4 is 5.32 Å². The number of aromatic nitrogens is 1. The molecule has 5 nitrogen and oxygen atoms in total. The molecule has 144 valence electrons. The molecule has 0 unspecified atom stereocenters. The van der Waals surface area contributed by atoms with E-state index < -0.39 is 12.0 Å². The Morgan fingerprint density at radius 3 is 2.52 bits per heavy atom. The van der Waals surface area contributed by atoms with E-state index in [1.54, 1.807) is 18.3 Å². The molecule has 1 atom stereocenters. The minimum Gasteiger partial charge on any atom is -0.505 e. The number of methoxy groups -OCH3 is 1. The molecule has 29 heavy (non-hydrogen) atoms. The zero-order valence-corrected chi connectivity index (χ0v) is 15.9. The van der Waals surface area contributed by atoms with E-state index in [1.165, 1.54) is 7.11 Å². The number of carbonyl (C=O) groups is 1. The molecule has 0 fully saturated rings. The number of aromatic hydroxyl groups is 1. The van der Waals surface area contributed by atoms with E-state index in [0.717, 1.165) is 10.9 Å². The van der Waals surface area contributed by atoms with Crippen molar-refractivity contribution in [3.8, 4) is 5.75 Å². The quantitative estimate of drug-likeness (QED) is 0.478. The molecule has 0 spiro atoms. The predicted molar refractivity (Wildman–Crippen MR) is 113 cm³/mol. The number of phenols is 1. The number of benzene rings is 3. The third kappa shape index (κ3) is 3.62. The first-order chi connectivity index (χ1) is 14.2. The van der Waals surface area contributed by atoms with Gasteiger partial charge in [0, 0.05) is 22.8 Å². The monoisotopic (exact) mass is 384 g/mol. The number of hydrogen-bond donors (Lipinski definition) is 2. The number of para-hydroxylation sites is 1. The van der Waals surface area contributed by atoms with Crippen LogP contribution in [-0.4, -0.2) is 23.2 Å². The normalized spacial score (nSPS) is 11.8. The van der Waals surface area contributed by atoms with Gasteiger partial charge in [-0.3, -0.25) is 4.98 Å². The maximum absolute atomic E-state index is 12.2. The lowest BCUT2D eigenvalue weighted by atomic mass is 9.95. The largest absolute Gasteiger partial charge is 0.505 e. The van der Waals surface area contributed by atoms with Gasteiger partial charge in [-0.1, -0.05) is 60.7 Å². The van der Waals surface area contributed by atoms with Crippen molar-refractivity contribution in [1.82, 2.24) is 4.98 Å². The van der Waals surface area contributed by atoms with Crippen LogP contribution in [0.5, 0.6) is 5.75 Å². The number of phenolic OH excluding ortho intramolecular Hbond substituents is 1. The highest BCUT2D eigenvalue weighted by Gasteiger charge is 2.22. The zero-order valence-electron chi connectivity index (χ0n) is 15.9. The molecule has 0 radical (unpaired) electrons. The zero-order chi connectivity index (χ0) is 20.2. The van der Waals surface area contributed by atoms with Crippen molar-refractivity contribution >= 4 is 22.6 Å². The van der Waals surface area contributed by atoms with Gasteiger partial charge in [0.05, 0.1) is 18.7 Å². The summed E-state index contributed by atoms with van der Waals surface area (Å²) in [5.41, 5.74) is 3.19. The number of nitrogens with zero attached hydrogens (tertiary/aromatic N) is 1. The van der Waals surface area contributed by atoms with Gasteiger partial charge in [0.25, 0.3) is 0 Å². The first-order valence-electron chi connectivity index (χ1n) is 9.24. The topological polar surface area (TPSA) is 71.5 Å². The highest BCUT2D eigenvalue weighted by Crippen LogP contribution is 2.37. The number of hydrogen-bond acceptors (Lipinski definition) is 5. The van der Waals surface area contributed by atoms with Crippen molar-refractivity contribution in [2.75, 3.05) is 12.4 Å². The molecule has 4 rings (SSSR count). The van der Waals surface area contributed by atoms with Crippen LogP contribution in [0.15, 0.2) is 85.1 Å². The number of rotatable bonds is 5. The first kappa shape index (κ1) is 18.5. The van der Waals surface area contributed by atoms with E-state index in [9.17, 15) is 9.90 Å². The van der Waals surface area contributed by atoms with Gasteiger partial charge in [-0.05, 0) is 23.8 Å². The third-order valence-electron chi connectivity index (χ3n) is 4.86. The molecule has 0 aliphatic carbocycles. The maximum atomic E-state index is 12.2. The van der Waals surface area contributed by atoms with Crippen molar-refractivity contribution in [2.24, 2.45) is 0 Å². The molecule has 2 N–H and O–H groups in total.